The third-order valence-corrected chi connectivity index (χ3v) is 1.31. The zero-order valence-electron chi connectivity index (χ0n) is 5.37. The molecule has 1 atom stereocenters. The van der Waals surface area contributed by atoms with Gasteiger partial charge in [0.15, 0.2) is 11.1 Å². The minimum absolute atomic E-state index is 0.0551. The number of amides is 1. The van der Waals surface area contributed by atoms with Gasteiger partial charge in [0.1, 0.15) is 0 Å². The molecule has 5 heteroatoms. The van der Waals surface area contributed by atoms with E-state index in [9.17, 15) is 9.00 Å². The van der Waals surface area contributed by atoms with E-state index in [1.165, 1.54) is 0 Å². The molecule has 0 fully saturated rings. The summed E-state index contributed by atoms with van der Waals surface area (Å²) in [6, 6.07) is 0. The number of carbonyl (C=O) groups excluding carboxylic acids is 1. The molecular formula is C5H9NO3S. The predicted octanol–water partition coefficient (Wildman–Crippen LogP) is -0.490. The quantitative estimate of drug-likeness (QED) is 0.434. The summed E-state index contributed by atoms with van der Waals surface area (Å²) < 4.78 is 18.2. The first-order valence-electron chi connectivity index (χ1n) is 2.64. The molecule has 2 N–H and O–H groups in total. The summed E-state index contributed by atoms with van der Waals surface area (Å²) >= 11 is -1.83. The molecule has 0 aromatic rings. The van der Waals surface area contributed by atoms with E-state index < -0.39 is 11.1 Å². The van der Waals surface area contributed by atoms with Crippen LogP contribution in [0.5, 0.6) is 0 Å². The van der Waals surface area contributed by atoms with Gasteiger partial charge in [-0.15, -0.1) is 0 Å². The number of hydrogen-bond acceptors (Lipinski definition) is 2. The molecule has 0 spiro atoms. The first kappa shape index (κ1) is 9.32. The third kappa shape index (κ3) is 5.46. The van der Waals surface area contributed by atoms with Gasteiger partial charge in [-0.25, -0.2) is 4.21 Å². The maximum Gasteiger partial charge on any atom is 0.243 e. The van der Waals surface area contributed by atoms with Gasteiger partial charge in [0.05, 0.1) is 5.75 Å². The minimum Gasteiger partial charge on any atom is -0.352 e. The van der Waals surface area contributed by atoms with Crippen molar-refractivity contribution in [3.8, 4) is 0 Å². The molecule has 10 heavy (non-hydrogen) atoms. The molecule has 1 unspecified atom stereocenters. The summed E-state index contributed by atoms with van der Waals surface area (Å²) in [6.45, 7) is 3.41. The van der Waals surface area contributed by atoms with Crippen molar-refractivity contribution >= 4 is 17.0 Å². The molecule has 4 nitrogen and oxygen atoms in total. The second-order valence-corrected chi connectivity index (χ2v) is 2.57. The van der Waals surface area contributed by atoms with E-state index in [1.807, 2.05) is 0 Å². The van der Waals surface area contributed by atoms with Crippen LogP contribution >= 0.6 is 0 Å². The Balaban J connectivity index is 3.28. The fourth-order valence-corrected chi connectivity index (χ4v) is 0.610. The summed E-state index contributed by atoms with van der Waals surface area (Å²) in [5, 5.41) is 2.35. The van der Waals surface area contributed by atoms with Crippen LogP contribution in [0.3, 0.4) is 0 Å². The van der Waals surface area contributed by atoms with Gasteiger partial charge in [-0.1, -0.05) is 6.58 Å². The molecule has 0 aliphatic carbocycles. The number of nitrogens with one attached hydrogen (secondary N) is 1. The Bertz CT molecular complexity index is 157. The molecule has 0 heterocycles. The molecular weight excluding hydrogens is 154 g/mol. The van der Waals surface area contributed by atoms with Crippen molar-refractivity contribution in [1.82, 2.24) is 5.32 Å². The monoisotopic (exact) mass is 163 g/mol. The molecule has 0 aromatic heterocycles. The lowest BCUT2D eigenvalue weighted by atomic mass is 10.6. The normalized spacial score (nSPS) is 12.1. The highest BCUT2D eigenvalue weighted by atomic mass is 32.2. The molecule has 0 rings (SSSR count). The lowest BCUT2D eigenvalue weighted by Gasteiger charge is -1.96. The van der Waals surface area contributed by atoms with Crippen LogP contribution in [0.4, 0.5) is 0 Å². The molecule has 0 saturated carbocycles. The van der Waals surface area contributed by atoms with Gasteiger partial charge in [0, 0.05) is 6.54 Å². The average Bonchev–Trinajstić information content (AvgIpc) is 1.87. The maximum absolute atomic E-state index is 10.4. The Hall–Kier alpha value is -0.680. The van der Waals surface area contributed by atoms with Crippen LogP contribution in [0.2, 0.25) is 0 Å². The van der Waals surface area contributed by atoms with Gasteiger partial charge in [0.25, 0.3) is 0 Å². The van der Waals surface area contributed by atoms with Crippen molar-refractivity contribution in [2.24, 2.45) is 0 Å². The minimum atomic E-state index is -1.83. The fraction of sp³-hybridized carbons (Fsp3) is 0.400. The Labute approximate surface area is 61.6 Å². The van der Waals surface area contributed by atoms with Crippen molar-refractivity contribution in [1.29, 1.82) is 0 Å². The van der Waals surface area contributed by atoms with E-state index in [1.54, 1.807) is 0 Å². The highest BCUT2D eigenvalue weighted by Gasteiger charge is 1.94. The summed E-state index contributed by atoms with van der Waals surface area (Å²) in [4.78, 5) is 10.4. The Morgan fingerprint density at radius 2 is 2.40 bits per heavy atom. The molecule has 58 valence electrons. The van der Waals surface area contributed by atoms with Crippen LogP contribution in [0.15, 0.2) is 12.7 Å². The lowest BCUT2D eigenvalue weighted by molar-refractivity contribution is -0.116. The van der Waals surface area contributed by atoms with Crippen LogP contribution in [-0.2, 0) is 15.9 Å². The van der Waals surface area contributed by atoms with Crippen LogP contribution in [0.25, 0.3) is 0 Å². The molecule has 1 amide bonds. The van der Waals surface area contributed by atoms with Gasteiger partial charge < -0.3 is 9.87 Å². The summed E-state index contributed by atoms with van der Waals surface area (Å²) in [5.41, 5.74) is 0. The summed E-state index contributed by atoms with van der Waals surface area (Å²) in [5.74, 6) is -0.273. The SMILES string of the molecule is C=CC(=O)NCCS(=O)O. The molecule has 0 saturated heterocycles. The molecule has 0 aliphatic heterocycles. The van der Waals surface area contributed by atoms with E-state index in [0.29, 0.717) is 0 Å². The first-order chi connectivity index (χ1) is 4.66. The van der Waals surface area contributed by atoms with Gasteiger partial charge in [-0.05, 0) is 6.08 Å². The Kier molecular flexibility index (Phi) is 4.78. The van der Waals surface area contributed by atoms with Crippen molar-refractivity contribution in [3.05, 3.63) is 12.7 Å². The fourth-order valence-electron chi connectivity index (χ4n) is 0.334. The number of rotatable bonds is 4. The predicted molar refractivity (Wildman–Crippen MR) is 38.8 cm³/mol. The molecule has 0 aromatic carbocycles. The summed E-state index contributed by atoms with van der Waals surface area (Å²) in [7, 11) is 0. The molecule has 0 radical (unpaired) electrons. The summed E-state index contributed by atoms with van der Waals surface area (Å²) in [6.07, 6.45) is 1.11. The zero-order valence-corrected chi connectivity index (χ0v) is 6.19. The van der Waals surface area contributed by atoms with E-state index >= 15 is 0 Å². The average molecular weight is 163 g/mol. The van der Waals surface area contributed by atoms with Crippen LogP contribution < -0.4 is 5.32 Å². The highest BCUT2D eigenvalue weighted by Crippen LogP contribution is 1.71. The largest absolute Gasteiger partial charge is 0.352 e. The molecule has 0 aliphatic rings. The maximum atomic E-state index is 10.4. The smallest absolute Gasteiger partial charge is 0.243 e. The van der Waals surface area contributed by atoms with E-state index in [2.05, 4.69) is 11.9 Å². The zero-order chi connectivity index (χ0) is 7.98. The van der Waals surface area contributed by atoms with Crippen molar-refractivity contribution in [2.75, 3.05) is 12.3 Å². The topological polar surface area (TPSA) is 66.4 Å². The van der Waals surface area contributed by atoms with Crippen LogP contribution in [0.1, 0.15) is 0 Å². The number of hydrogen-bond donors (Lipinski definition) is 2. The van der Waals surface area contributed by atoms with Gasteiger partial charge in [-0.3, -0.25) is 4.79 Å². The lowest BCUT2D eigenvalue weighted by Crippen LogP contribution is -2.25. The van der Waals surface area contributed by atoms with E-state index in [-0.39, 0.29) is 18.2 Å². The van der Waals surface area contributed by atoms with Crippen LogP contribution in [0, 0.1) is 0 Å². The van der Waals surface area contributed by atoms with Crippen molar-refractivity contribution in [2.45, 2.75) is 0 Å². The highest BCUT2D eigenvalue weighted by molar-refractivity contribution is 7.79. The number of carbonyl (C=O) groups is 1. The second-order valence-electron chi connectivity index (χ2n) is 1.52. The van der Waals surface area contributed by atoms with Crippen molar-refractivity contribution < 1.29 is 13.6 Å². The third-order valence-electron chi connectivity index (χ3n) is 0.761. The van der Waals surface area contributed by atoms with Crippen LogP contribution in [-0.4, -0.2) is 27.0 Å². The van der Waals surface area contributed by atoms with Crippen molar-refractivity contribution in [3.63, 3.8) is 0 Å². The molecule has 0 bridgehead atoms. The van der Waals surface area contributed by atoms with E-state index in [0.717, 1.165) is 6.08 Å². The Morgan fingerprint density at radius 3 is 2.80 bits per heavy atom. The van der Waals surface area contributed by atoms with E-state index in [4.69, 9.17) is 4.55 Å². The first-order valence-corrected chi connectivity index (χ1v) is 3.92. The van der Waals surface area contributed by atoms with Gasteiger partial charge in [0.2, 0.25) is 5.91 Å². The second kappa shape index (κ2) is 5.13. The van der Waals surface area contributed by atoms with Gasteiger partial charge >= 0.3 is 0 Å². The Morgan fingerprint density at radius 1 is 1.80 bits per heavy atom. The van der Waals surface area contributed by atoms with Gasteiger partial charge in [-0.2, -0.15) is 0 Å². The standard InChI is InChI=1S/C5H9NO3S/c1-2-5(7)6-3-4-10(8)9/h2H,1,3-4H2,(H,6,7)(H,8,9).